The van der Waals surface area contributed by atoms with Gasteiger partial charge in [-0.1, -0.05) is 0 Å². The molecule has 96 valence electrons. The standard InChI is InChI=1S/C13H10FN3O2/c1-8(13(18)19)10-6-16-17(7-10)11-2-3-12(14)9(4-11)5-15/h2-4,6-8H,1H3,(H,18,19). The van der Waals surface area contributed by atoms with Gasteiger partial charge in [0.05, 0.1) is 23.4 Å². The topological polar surface area (TPSA) is 78.9 Å². The van der Waals surface area contributed by atoms with Crippen molar-refractivity contribution in [3.05, 3.63) is 47.5 Å². The van der Waals surface area contributed by atoms with Gasteiger partial charge < -0.3 is 5.11 Å². The van der Waals surface area contributed by atoms with Gasteiger partial charge >= 0.3 is 5.97 Å². The largest absolute Gasteiger partial charge is 0.481 e. The Morgan fingerprint density at radius 1 is 1.58 bits per heavy atom. The Bertz CT molecular complexity index is 673. The number of nitriles is 1. The molecule has 1 aromatic heterocycles. The summed E-state index contributed by atoms with van der Waals surface area (Å²) in [5.74, 6) is -2.22. The first-order chi connectivity index (χ1) is 9.02. The highest BCUT2D eigenvalue weighted by molar-refractivity contribution is 5.75. The van der Waals surface area contributed by atoms with Crippen molar-refractivity contribution < 1.29 is 14.3 Å². The molecule has 0 amide bonds. The Morgan fingerprint density at radius 3 is 2.95 bits per heavy atom. The maximum Gasteiger partial charge on any atom is 0.310 e. The zero-order chi connectivity index (χ0) is 14.0. The molecule has 0 aliphatic heterocycles. The second kappa shape index (κ2) is 4.90. The lowest BCUT2D eigenvalue weighted by atomic mass is 10.1. The maximum atomic E-state index is 13.2. The summed E-state index contributed by atoms with van der Waals surface area (Å²) in [6.45, 7) is 1.55. The Kier molecular flexibility index (Phi) is 3.29. The fraction of sp³-hybridized carbons (Fsp3) is 0.154. The molecule has 0 fully saturated rings. The smallest absolute Gasteiger partial charge is 0.310 e. The van der Waals surface area contributed by atoms with Crippen LogP contribution in [-0.2, 0) is 4.79 Å². The third kappa shape index (κ3) is 2.45. The van der Waals surface area contributed by atoms with Crippen molar-refractivity contribution in [1.29, 1.82) is 5.26 Å². The molecule has 5 nitrogen and oxygen atoms in total. The number of halogens is 1. The fourth-order valence-electron chi connectivity index (χ4n) is 1.59. The van der Waals surface area contributed by atoms with Crippen molar-refractivity contribution in [2.75, 3.05) is 0 Å². The Labute approximate surface area is 108 Å². The summed E-state index contributed by atoms with van der Waals surface area (Å²) in [6.07, 6.45) is 2.99. The molecule has 2 rings (SSSR count). The molecule has 19 heavy (non-hydrogen) atoms. The van der Waals surface area contributed by atoms with Crippen LogP contribution in [0.2, 0.25) is 0 Å². The van der Waals surface area contributed by atoms with Crippen LogP contribution in [0.1, 0.15) is 24.0 Å². The molecule has 1 unspecified atom stereocenters. The second-order valence-corrected chi connectivity index (χ2v) is 4.05. The molecule has 1 aromatic carbocycles. The Hall–Kier alpha value is -2.68. The molecule has 0 radical (unpaired) electrons. The Morgan fingerprint density at radius 2 is 2.32 bits per heavy atom. The summed E-state index contributed by atoms with van der Waals surface area (Å²) >= 11 is 0. The highest BCUT2D eigenvalue weighted by atomic mass is 19.1. The highest BCUT2D eigenvalue weighted by Crippen LogP contribution is 2.18. The van der Waals surface area contributed by atoms with Gasteiger partial charge in [-0.3, -0.25) is 4.79 Å². The van der Waals surface area contributed by atoms with Crippen LogP contribution in [0.25, 0.3) is 5.69 Å². The fourth-order valence-corrected chi connectivity index (χ4v) is 1.59. The molecule has 0 saturated heterocycles. The quantitative estimate of drug-likeness (QED) is 0.915. The van der Waals surface area contributed by atoms with Crippen LogP contribution in [0.4, 0.5) is 4.39 Å². The van der Waals surface area contributed by atoms with Gasteiger partial charge in [-0.25, -0.2) is 9.07 Å². The average molecular weight is 259 g/mol. The van der Waals surface area contributed by atoms with E-state index in [0.29, 0.717) is 11.3 Å². The lowest BCUT2D eigenvalue weighted by Gasteiger charge is -2.03. The summed E-state index contributed by atoms with van der Waals surface area (Å²) < 4.78 is 14.6. The van der Waals surface area contributed by atoms with E-state index in [9.17, 15) is 9.18 Å². The van der Waals surface area contributed by atoms with Crippen LogP contribution in [0, 0.1) is 17.1 Å². The molecular formula is C13H10FN3O2. The van der Waals surface area contributed by atoms with Gasteiger partial charge in [-0.05, 0) is 25.1 Å². The van der Waals surface area contributed by atoms with E-state index in [1.165, 1.54) is 29.1 Å². The molecule has 2 aromatic rings. The minimum atomic E-state index is -0.948. The third-order valence-corrected chi connectivity index (χ3v) is 2.81. The molecule has 0 aliphatic rings. The van der Waals surface area contributed by atoms with E-state index in [0.717, 1.165) is 0 Å². The Balaban J connectivity index is 2.39. The predicted octanol–water partition coefficient (Wildman–Crippen LogP) is 2.07. The minimum absolute atomic E-state index is 0.0826. The normalized spacial score (nSPS) is 11.8. The van der Waals surface area contributed by atoms with Crippen LogP contribution in [0.5, 0.6) is 0 Å². The first-order valence-corrected chi connectivity index (χ1v) is 5.50. The summed E-state index contributed by atoms with van der Waals surface area (Å²) in [7, 11) is 0. The molecule has 1 atom stereocenters. The van der Waals surface area contributed by atoms with Gasteiger partial charge in [0.15, 0.2) is 0 Å². The predicted molar refractivity (Wildman–Crippen MR) is 64.3 cm³/mol. The zero-order valence-corrected chi connectivity index (χ0v) is 10.0. The number of carboxylic acids is 1. The summed E-state index contributed by atoms with van der Waals surface area (Å²) in [5.41, 5.74) is 0.956. The van der Waals surface area contributed by atoms with E-state index >= 15 is 0 Å². The number of hydrogen-bond acceptors (Lipinski definition) is 3. The van der Waals surface area contributed by atoms with Crippen LogP contribution < -0.4 is 0 Å². The number of carboxylic acid groups (broad SMARTS) is 1. The van der Waals surface area contributed by atoms with Crippen LogP contribution in [0.3, 0.4) is 0 Å². The van der Waals surface area contributed by atoms with Crippen LogP contribution >= 0.6 is 0 Å². The van der Waals surface area contributed by atoms with E-state index in [1.807, 2.05) is 0 Å². The highest BCUT2D eigenvalue weighted by Gasteiger charge is 2.16. The lowest BCUT2D eigenvalue weighted by Crippen LogP contribution is -2.06. The third-order valence-electron chi connectivity index (χ3n) is 2.81. The van der Waals surface area contributed by atoms with E-state index in [1.54, 1.807) is 19.2 Å². The van der Waals surface area contributed by atoms with E-state index in [-0.39, 0.29) is 5.56 Å². The van der Waals surface area contributed by atoms with Crippen molar-refractivity contribution in [2.24, 2.45) is 0 Å². The van der Waals surface area contributed by atoms with Gasteiger partial charge in [-0.15, -0.1) is 0 Å². The van der Waals surface area contributed by atoms with Crippen molar-refractivity contribution in [1.82, 2.24) is 9.78 Å². The summed E-state index contributed by atoms with van der Waals surface area (Å²) in [6, 6.07) is 5.75. The summed E-state index contributed by atoms with van der Waals surface area (Å²) in [4.78, 5) is 10.9. The number of aliphatic carboxylic acids is 1. The molecule has 1 N–H and O–H groups in total. The molecule has 0 spiro atoms. The number of nitrogens with zero attached hydrogens (tertiary/aromatic N) is 3. The van der Waals surface area contributed by atoms with Crippen molar-refractivity contribution in [3.63, 3.8) is 0 Å². The molecule has 6 heteroatoms. The number of carbonyl (C=O) groups is 1. The van der Waals surface area contributed by atoms with Crippen molar-refractivity contribution >= 4 is 5.97 Å². The molecule has 0 aliphatic carbocycles. The summed E-state index contributed by atoms with van der Waals surface area (Å²) in [5, 5.41) is 21.7. The van der Waals surface area contributed by atoms with Crippen molar-refractivity contribution in [3.8, 4) is 11.8 Å². The molecule has 0 saturated carbocycles. The van der Waals surface area contributed by atoms with E-state index < -0.39 is 17.7 Å². The first-order valence-electron chi connectivity index (χ1n) is 5.50. The van der Waals surface area contributed by atoms with Crippen LogP contribution in [-0.4, -0.2) is 20.9 Å². The van der Waals surface area contributed by atoms with Gasteiger partial charge in [0.2, 0.25) is 0 Å². The number of hydrogen-bond donors (Lipinski definition) is 1. The molecule has 1 heterocycles. The number of benzene rings is 1. The molecular weight excluding hydrogens is 249 g/mol. The average Bonchev–Trinajstić information content (AvgIpc) is 2.87. The maximum absolute atomic E-state index is 13.2. The SMILES string of the molecule is CC(C(=O)O)c1cnn(-c2ccc(F)c(C#N)c2)c1. The van der Waals surface area contributed by atoms with Gasteiger partial charge in [0, 0.05) is 11.8 Å². The van der Waals surface area contributed by atoms with E-state index in [4.69, 9.17) is 10.4 Å². The lowest BCUT2D eigenvalue weighted by molar-refractivity contribution is -0.138. The van der Waals surface area contributed by atoms with Crippen molar-refractivity contribution in [2.45, 2.75) is 12.8 Å². The first kappa shape index (κ1) is 12.8. The number of aromatic nitrogens is 2. The molecule has 0 bridgehead atoms. The van der Waals surface area contributed by atoms with Gasteiger partial charge in [0.25, 0.3) is 0 Å². The van der Waals surface area contributed by atoms with Gasteiger partial charge in [0.1, 0.15) is 11.9 Å². The van der Waals surface area contributed by atoms with E-state index in [2.05, 4.69) is 5.10 Å². The van der Waals surface area contributed by atoms with Crippen LogP contribution in [0.15, 0.2) is 30.6 Å². The van der Waals surface area contributed by atoms with Gasteiger partial charge in [-0.2, -0.15) is 10.4 Å². The zero-order valence-electron chi connectivity index (χ0n) is 10.0. The minimum Gasteiger partial charge on any atom is -0.481 e. The number of rotatable bonds is 3. The second-order valence-electron chi connectivity index (χ2n) is 4.05. The monoisotopic (exact) mass is 259 g/mol.